The van der Waals surface area contributed by atoms with Crippen LogP contribution in [0, 0.1) is 5.92 Å². The molecule has 0 radical (unpaired) electrons. The summed E-state index contributed by atoms with van der Waals surface area (Å²) in [7, 11) is 0. The Labute approximate surface area is 200 Å². The van der Waals surface area contributed by atoms with E-state index in [4.69, 9.17) is 27.9 Å². The average molecular weight is 494 g/mol. The van der Waals surface area contributed by atoms with E-state index >= 15 is 0 Å². The van der Waals surface area contributed by atoms with Crippen molar-refractivity contribution in [3.63, 3.8) is 0 Å². The molecule has 2 unspecified atom stereocenters. The van der Waals surface area contributed by atoms with Crippen LogP contribution in [0.4, 0.5) is 4.39 Å². The first-order chi connectivity index (χ1) is 15.0. The standard InChI is InChI=1S/C24H22Cl2FNO3S/c1-24(2,3)31-23(30)20-17(14-8-10-16(25)11-9-14)13-32-22(20)28-21(29)19(27)12-15-6-4-5-7-18(15)26/h4-13,20,22H,1-3H3,(H,28,29)/b19-12-. The predicted molar refractivity (Wildman–Crippen MR) is 129 cm³/mol. The molecule has 168 valence electrons. The first-order valence-electron chi connectivity index (χ1n) is 9.82. The fraction of sp³-hybridized carbons (Fsp3) is 0.250. The summed E-state index contributed by atoms with van der Waals surface area (Å²) in [6, 6.07) is 13.6. The van der Waals surface area contributed by atoms with Crippen LogP contribution in [0.1, 0.15) is 31.9 Å². The highest BCUT2D eigenvalue weighted by Gasteiger charge is 2.40. The van der Waals surface area contributed by atoms with E-state index in [1.54, 1.807) is 74.7 Å². The molecule has 2 aromatic rings. The lowest BCUT2D eigenvalue weighted by Crippen LogP contribution is -2.42. The van der Waals surface area contributed by atoms with Gasteiger partial charge in [-0.15, -0.1) is 11.8 Å². The van der Waals surface area contributed by atoms with Crippen LogP contribution in [0.15, 0.2) is 59.8 Å². The maximum absolute atomic E-state index is 14.6. The number of rotatable bonds is 5. The number of hydrogen-bond acceptors (Lipinski definition) is 4. The summed E-state index contributed by atoms with van der Waals surface area (Å²) in [5, 5.41) is 4.52. The van der Waals surface area contributed by atoms with E-state index in [0.717, 1.165) is 11.6 Å². The van der Waals surface area contributed by atoms with Gasteiger partial charge in [0.05, 0.1) is 5.37 Å². The smallest absolute Gasteiger partial charge is 0.317 e. The van der Waals surface area contributed by atoms with E-state index in [-0.39, 0.29) is 0 Å². The van der Waals surface area contributed by atoms with E-state index in [9.17, 15) is 14.0 Å². The van der Waals surface area contributed by atoms with Crippen LogP contribution in [0.5, 0.6) is 0 Å². The van der Waals surface area contributed by atoms with Gasteiger partial charge in [0.15, 0.2) is 5.83 Å². The van der Waals surface area contributed by atoms with E-state index in [0.29, 0.717) is 21.2 Å². The second-order valence-electron chi connectivity index (χ2n) is 8.14. The fourth-order valence-corrected chi connectivity index (χ4v) is 4.56. The molecule has 3 rings (SSSR count). The van der Waals surface area contributed by atoms with Crippen LogP contribution >= 0.6 is 35.0 Å². The summed E-state index contributed by atoms with van der Waals surface area (Å²) < 4.78 is 20.2. The number of carbonyl (C=O) groups is 2. The molecule has 1 aliphatic rings. The van der Waals surface area contributed by atoms with E-state index in [2.05, 4.69) is 5.32 Å². The molecule has 8 heteroatoms. The third-order valence-electron chi connectivity index (χ3n) is 4.50. The van der Waals surface area contributed by atoms with Crippen molar-refractivity contribution in [3.8, 4) is 0 Å². The molecule has 0 spiro atoms. The lowest BCUT2D eigenvalue weighted by Gasteiger charge is -2.26. The van der Waals surface area contributed by atoms with Crippen LogP contribution in [0.25, 0.3) is 11.6 Å². The van der Waals surface area contributed by atoms with Crippen molar-refractivity contribution >= 4 is 58.5 Å². The van der Waals surface area contributed by atoms with E-state index < -0.39 is 34.6 Å². The second kappa shape index (κ2) is 10.1. The third-order valence-corrected chi connectivity index (χ3v) is 6.16. The maximum Gasteiger partial charge on any atom is 0.317 e. The molecule has 1 amide bonds. The molecule has 1 aliphatic heterocycles. The van der Waals surface area contributed by atoms with Gasteiger partial charge in [0.25, 0.3) is 5.91 Å². The van der Waals surface area contributed by atoms with Gasteiger partial charge in [-0.25, -0.2) is 4.39 Å². The summed E-state index contributed by atoms with van der Waals surface area (Å²) in [5.41, 5.74) is 1.09. The lowest BCUT2D eigenvalue weighted by molar-refractivity contribution is -0.157. The summed E-state index contributed by atoms with van der Waals surface area (Å²) in [6.07, 6.45) is 1.06. The second-order valence-corrected chi connectivity index (χ2v) is 9.99. The topological polar surface area (TPSA) is 55.4 Å². The number of nitrogens with one attached hydrogen (secondary N) is 1. The molecular weight excluding hydrogens is 472 g/mol. The molecule has 32 heavy (non-hydrogen) atoms. The summed E-state index contributed by atoms with van der Waals surface area (Å²) in [4.78, 5) is 25.6. The van der Waals surface area contributed by atoms with Crippen LogP contribution in [-0.4, -0.2) is 22.9 Å². The molecule has 2 aromatic carbocycles. The number of carbonyl (C=O) groups excluding carboxylic acids is 2. The van der Waals surface area contributed by atoms with Gasteiger partial charge in [-0.2, -0.15) is 0 Å². The minimum Gasteiger partial charge on any atom is -0.459 e. The zero-order valence-corrected chi connectivity index (χ0v) is 20.0. The molecule has 0 aromatic heterocycles. The molecular formula is C24H22Cl2FNO3S. The van der Waals surface area contributed by atoms with Crippen molar-refractivity contribution in [2.45, 2.75) is 31.7 Å². The molecule has 0 aliphatic carbocycles. The van der Waals surface area contributed by atoms with Crippen molar-refractivity contribution < 1.29 is 18.7 Å². The Hall–Kier alpha value is -2.28. The quantitative estimate of drug-likeness (QED) is 0.381. The average Bonchev–Trinajstić information content (AvgIpc) is 3.12. The van der Waals surface area contributed by atoms with Gasteiger partial charge in [0, 0.05) is 10.0 Å². The zero-order valence-electron chi connectivity index (χ0n) is 17.7. The molecule has 4 nitrogen and oxygen atoms in total. The zero-order chi connectivity index (χ0) is 23.5. The molecule has 0 saturated heterocycles. The number of halogens is 3. The molecule has 1 heterocycles. The van der Waals surface area contributed by atoms with Crippen LogP contribution < -0.4 is 5.32 Å². The van der Waals surface area contributed by atoms with Crippen molar-refractivity contribution in [2.75, 3.05) is 0 Å². The molecule has 0 saturated carbocycles. The van der Waals surface area contributed by atoms with E-state index in [1.165, 1.54) is 11.8 Å². The van der Waals surface area contributed by atoms with Gasteiger partial charge in [-0.1, -0.05) is 53.5 Å². The van der Waals surface area contributed by atoms with Crippen molar-refractivity contribution in [2.24, 2.45) is 5.92 Å². The summed E-state index contributed by atoms with van der Waals surface area (Å²) in [6.45, 7) is 5.29. The Balaban J connectivity index is 1.84. The SMILES string of the molecule is CC(C)(C)OC(=O)C1C(c2ccc(Cl)cc2)=CSC1NC(=O)/C(F)=C/c1ccccc1Cl. The third kappa shape index (κ3) is 6.15. The highest BCUT2D eigenvalue weighted by atomic mass is 35.5. The van der Waals surface area contributed by atoms with Gasteiger partial charge < -0.3 is 10.1 Å². The number of esters is 1. The summed E-state index contributed by atoms with van der Waals surface area (Å²) >= 11 is 13.2. The van der Waals surface area contributed by atoms with Crippen LogP contribution in [0.2, 0.25) is 10.0 Å². The Bertz CT molecular complexity index is 1080. The number of thioether (sulfide) groups is 1. The molecule has 2 atom stereocenters. The van der Waals surface area contributed by atoms with Crippen LogP contribution in [0.3, 0.4) is 0 Å². The van der Waals surface area contributed by atoms with Crippen LogP contribution in [-0.2, 0) is 14.3 Å². The highest BCUT2D eigenvalue weighted by Crippen LogP contribution is 2.42. The molecule has 0 fully saturated rings. The normalized spacial score (nSPS) is 18.8. The van der Waals surface area contributed by atoms with Gasteiger partial charge in [-0.3, -0.25) is 9.59 Å². The Morgan fingerprint density at radius 3 is 2.38 bits per heavy atom. The minimum absolute atomic E-state index is 0.323. The van der Waals surface area contributed by atoms with E-state index in [1.807, 2.05) is 0 Å². The van der Waals surface area contributed by atoms with Crippen molar-refractivity contribution in [1.29, 1.82) is 0 Å². The van der Waals surface area contributed by atoms with Gasteiger partial charge in [-0.05, 0) is 67.2 Å². The number of hydrogen-bond donors (Lipinski definition) is 1. The lowest BCUT2D eigenvalue weighted by atomic mass is 9.93. The first kappa shape index (κ1) is 24.4. The first-order valence-corrected chi connectivity index (χ1v) is 11.5. The Kier molecular flexibility index (Phi) is 7.70. The van der Waals surface area contributed by atoms with Gasteiger partial charge in [0.1, 0.15) is 11.5 Å². The maximum atomic E-state index is 14.6. The number of benzene rings is 2. The number of ether oxygens (including phenoxy) is 1. The molecule has 0 bridgehead atoms. The highest BCUT2D eigenvalue weighted by molar-refractivity contribution is 8.03. The predicted octanol–water partition coefficient (Wildman–Crippen LogP) is 6.49. The Morgan fingerprint density at radius 2 is 1.75 bits per heavy atom. The fourth-order valence-electron chi connectivity index (χ4n) is 3.08. The van der Waals surface area contributed by atoms with Crippen molar-refractivity contribution in [1.82, 2.24) is 5.32 Å². The van der Waals surface area contributed by atoms with Gasteiger partial charge in [0.2, 0.25) is 0 Å². The molecule has 1 N–H and O–H groups in total. The Morgan fingerprint density at radius 1 is 1.09 bits per heavy atom. The monoisotopic (exact) mass is 493 g/mol. The summed E-state index contributed by atoms with van der Waals surface area (Å²) in [5.74, 6) is -3.29. The minimum atomic E-state index is -1.01. The van der Waals surface area contributed by atoms with Gasteiger partial charge >= 0.3 is 5.97 Å². The number of amides is 1. The van der Waals surface area contributed by atoms with Crippen molar-refractivity contribution in [3.05, 3.63) is 80.9 Å². The largest absolute Gasteiger partial charge is 0.459 e.